The Hall–Kier alpha value is -1.80. The molecule has 0 atom stereocenters. The van der Waals surface area contributed by atoms with Crippen LogP contribution in [-0.2, 0) is 4.79 Å². The molecule has 0 unspecified atom stereocenters. The van der Waals surface area contributed by atoms with Crippen LogP contribution in [0, 0.1) is 19.8 Å². The van der Waals surface area contributed by atoms with Crippen LogP contribution < -0.4 is 10.2 Å². The van der Waals surface area contributed by atoms with E-state index in [1.165, 1.54) is 39.9 Å². The average molecular weight is 420 g/mol. The van der Waals surface area contributed by atoms with E-state index in [9.17, 15) is 4.79 Å². The lowest BCUT2D eigenvalue weighted by Crippen LogP contribution is -2.49. The van der Waals surface area contributed by atoms with Crippen LogP contribution in [0.4, 0.5) is 10.8 Å². The van der Waals surface area contributed by atoms with Gasteiger partial charge in [-0.15, -0.1) is 10.2 Å². The van der Waals surface area contributed by atoms with Gasteiger partial charge < -0.3 is 15.1 Å². The lowest BCUT2D eigenvalue weighted by atomic mass is 10.1. The first-order valence-electron chi connectivity index (χ1n) is 9.73. The molecule has 1 N–H and O–H groups in total. The highest BCUT2D eigenvalue weighted by Gasteiger charge is 2.22. The molecule has 0 spiro atoms. The van der Waals surface area contributed by atoms with Crippen molar-refractivity contribution < 1.29 is 4.79 Å². The number of thioether (sulfide) groups is 1. The molecule has 1 aliphatic rings. The van der Waals surface area contributed by atoms with Crippen LogP contribution in [0.5, 0.6) is 0 Å². The summed E-state index contributed by atoms with van der Waals surface area (Å²) in [6, 6.07) is 6.43. The topological polar surface area (TPSA) is 61.4 Å². The van der Waals surface area contributed by atoms with Crippen LogP contribution in [0.1, 0.15) is 25.0 Å². The molecule has 1 aliphatic heterocycles. The summed E-state index contributed by atoms with van der Waals surface area (Å²) in [6.45, 7) is 12.8. The van der Waals surface area contributed by atoms with E-state index < -0.39 is 0 Å². The van der Waals surface area contributed by atoms with Gasteiger partial charge in [0.05, 0.1) is 5.75 Å². The first-order chi connectivity index (χ1) is 13.4. The maximum absolute atomic E-state index is 12.6. The van der Waals surface area contributed by atoms with E-state index in [0.29, 0.717) is 11.7 Å². The maximum Gasteiger partial charge on any atom is 0.233 e. The van der Waals surface area contributed by atoms with Gasteiger partial charge in [0.2, 0.25) is 11.0 Å². The second kappa shape index (κ2) is 9.60. The third-order valence-corrected chi connectivity index (χ3v) is 6.94. The molecule has 0 aliphatic carbocycles. The van der Waals surface area contributed by atoms with Gasteiger partial charge in [0, 0.05) is 38.4 Å². The maximum atomic E-state index is 12.6. The summed E-state index contributed by atoms with van der Waals surface area (Å²) in [5.41, 5.74) is 3.93. The lowest BCUT2D eigenvalue weighted by molar-refractivity contribution is -0.128. The van der Waals surface area contributed by atoms with E-state index >= 15 is 0 Å². The number of carbonyl (C=O) groups excluding carboxylic acids is 1. The van der Waals surface area contributed by atoms with E-state index in [-0.39, 0.29) is 5.91 Å². The minimum atomic E-state index is 0.178. The zero-order valence-corrected chi connectivity index (χ0v) is 18.7. The molecular weight excluding hydrogens is 390 g/mol. The molecule has 8 heteroatoms. The van der Waals surface area contributed by atoms with Gasteiger partial charge in [-0.1, -0.05) is 49.1 Å². The minimum absolute atomic E-state index is 0.178. The van der Waals surface area contributed by atoms with E-state index in [0.717, 1.165) is 42.2 Å². The molecule has 28 heavy (non-hydrogen) atoms. The van der Waals surface area contributed by atoms with Gasteiger partial charge in [-0.05, 0) is 37.0 Å². The Balaban J connectivity index is 1.46. The molecule has 3 rings (SSSR count). The molecular formula is C20H29N5OS2. The first-order valence-corrected chi connectivity index (χ1v) is 11.5. The monoisotopic (exact) mass is 419 g/mol. The molecule has 6 nitrogen and oxygen atoms in total. The number of carbonyl (C=O) groups is 1. The summed E-state index contributed by atoms with van der Waals surface area (Å²) >= 11 is 2.99. The number of hydrogen-bond donors (Lipinski definition) is 1. The smallest absolute Gasteiger partial charge is 0.233 e. The average Bonchev–Trinajstić information content (AvgIpc) is 3.15. The fourth-order valence-electron chi connectivity index (χ4n) is 3.12. The normalized spacial score (nSPS) is 14.6. The number of hydrogen-bond acceptors (Lipinski definition) is 7. The zero-order valence-electron chi connectivity index (χ0n) is 17.1. The molecule has 1 amide bonds. The molecule has 1 aromatic heterocycles. The van der Waals surface area contributed by atoms with Crippen molar-refractivity contribution in [1.29, 1.82) is 0 Å². The van der Waals surface area contributed by atoms with Crippen molar-refractivity contribution in [2.24, 2.45) is 5.92 Å². The highest BCUT2D eigenvalue weighted by atomic mass is 32.2. The van der Waals surface area contributed by atoms with Gasteiger partial charge in [0.15, 0.2) is 4.34 Å². The molecule has 1 aromatic carbocycles. The van der Waals surface area contributed by atoms with Crippen LogP contribution in [0.25, 0.3) is 0 Å². The van der Waals surface area contributed by atoms with Gasteiger partial charge in [-0.3, -0.25) is 4.79 Å². The Morgan fingerprint density at radius 2 is 1.96 bits per heavy atom. The Kier molecular flexibility index (Phi) is 7.18. The summed E-state index contributed by atoms with van der Waals surface area (Å²) < 4.78 is 0.841. The van der Waals surface area contributed by atoms with E-state index in [1.54, 1.807) is 0 Å². The highest BCUT2D eigenvalue weighted by Crippen LogP contribution is 2.27. The number of nitrogens with one attached hydrogen (secondary N) is 1. The molecule has 152 valence electrons. The molecule has 0 radical (unpaired) electrons. The predicted octanol–water partition coefficient (Wildman–Crippen LogP) is 3.66. The van der Waals surface area contributed by atoms with E-state index in [2.05, 4.69) is 66.3 Å². The van der Waals surface area contributed by atoms with Gasteiger partial charge in [0.25, 0.3) is 0 Å². The predicted molar refractivity (Wildman–Crippen MR) is 119 cm³/mol. The number of benzene rings is 1. The van der Waals surface area contributed by atoms with Crippen LogP contribution in [0.2, 0.25) is 0 Å². The Bertz CT molecular complexity index is 800. The molecule has 0 bridgehead atoms. The van der Waals surface area contributed by atoms with Crippen molar-refractivity contribution in [2.75, 3.05) is 48.7 Å². The van der Waals surface area contributed by atoms with Crippen molar-refractivity contribution in [2.45, 2.75) is 32.0 Å². The number of nitrogens with zero attached hydrogens (tertiary/aromatic N) is 4. The second-order valence-electron chi connectivity index (χ2n) is 7.52. The van der Waals surface area contributed by atoms with E-state index in [4.69, 9.17) is 0 Å². The number of aromatic nitrogens is 2. The molecule has 1 fully saturated rings. The minimum Gasteiger partial charge on any atom is -0.368 e. The standard InChI is InChI=1S/C20H29N5OS2/c1-14(2)12-21-19-22-23-20(28-19)27-13-18(26)25-10-8-24(9-11-25)17-7-5-6-15(3)16(17)4/h5-7,14H,8-13H2,1-4H3,(H,21,22). The Labute approximate surface area is 175 Å². The van der Waals surface area contributed by atoms with Gasteiger partial charge >= 0.3 is 0 Å². The summed E-state index contributed by atoms with van der Waals surface area (Å²) in [5.74, 6) is 1.16. The number of anilines is 2. The second-order valence-corrected chi connectivity index (χ2v) is 9.72. The fourth-order valence-corrected chi connectivity index (χ4v) is 4.78. The van der Waals surface area contributed by atoms with E-state index in [1.807, 2.05) is 4.90 Å². The molecule has 1 saturated heterocycles. The van der Waals surface area contributed by atoms with Crippen molar-refractivity contribution in [3.8, 4) is 0 Å². The first kappa shape index (κ1) is 20.9. The van der Waals surface area contributed by atoms with Gasteiger partial charge in [-0.2, -0.15) is 0 Å². The van der Waals surface area contributed by atoms with Crippen molar-refractivity contribution in [3.05, 3.63) is 29.3 Å². The SMILES string of the molecule is Cc1cccc(N2CCN(C(=O)CSc3nnc(NCC(C)C)s3)CC2)c1C. The third kappa shape index (κ3) is 5.38. The van der Waals surface area contributed by atoms with Crippen LogP contribution >= 0.6 is 23.1 Å². The van der Waals surface area contributed by atoms with Crippen molar-refractivity contribution in [1.82, 2.24) is 15.1 Å². The number of amides is 1. The molecule has 0 saturated carbocycles. The number of rotatable bonds is 7. The van der Waals surface area contributed by atoms with Crippen molar-refractivity contribution in [3.63, 3.8) is 0 Å². The number of aryl methyl sites for hydroxylation is 1. The molecule has 2 aromatic rings. The summed E-state index contributed by atoms with van der Waals surface area (Å²) in [4.78, 5) is 16.9. The van der Waals surface area contributed by atoms with Crippen LogP contribution in [0.15, 0.2) is 22.5 Å². The van der Waals surface area contributed by atoms with Gasteiger partial charge in [-0.25, -0.2) is 0 Å². The van der Waals surface area contributed by atoms with Crippen LogP contribution in [0.3, 0.4) is 0 Å². The summed E-state index contributed by atoms with van der Waals surface area (Å²) in [7, 11) is 0. The fraction of sp³-hybridized carbons (Fsp3) is 0.550. The number of piperazine rings is 1. The molecule has 2 heterocycles. The quantitative estimate of drug-likeness (QED) is 0.691. The zero-order chi connectivity index (χ0) is 20.1. The Morgan fingerprint density at radius 1 is 1.21 bits per heavy atom. The largest absolute Gasteiger partial charge is 0.368 e. The third-order valence-electron chi connectivity index (χ3n) is 4.94. The summed E-state index contributed by atoms with van der Waals surface area (Å²) in [5, 5.41) is 12.4. The lowest BCUT2D eigenvalue weighted by Gasteiger charge is -2.37. The van der Waals surface area contributed by atoms with Crippen LogP contribution in [-0.4, -0.2) is 59.5 Å². The Morgan fingerprint density at radius 3 is 2.68 bits per heavy atom. The van der Waals surface area contributed by atoms with Gasteiger partial charge in [0.1, 0.15) is 0 Å². The van der Waals surface area contributed by atoms with Crippen molar-refractivity contribution >= 4 is 39.8 Å². The summed E-state index contributed by atoms with van der Waals surface area (Å²) in [6.07, 6.45) is 0. The highest BCUT2D eigenvalue weighted by molar-refractivity contribution is 8.01.